The number of fused-ring (bicyclic) bond motifs is 2. The molecule has 4 rings (SSSR count). The van der Waals surface area contributed by atoms with E-state index in [1.165, 1.54) is 10.5 Å². The van der Waals surface area contributed by atoms with E-state index in [-0.39, 0.29) is 12.8 Å². The van der Waals surface area contributed by atoms with Gasteiger partial charge in [-0.05, 0) is 23.3 Å². The maximum absolute atomic E-state index is 9.76. The smallest absolute Gasteiger partial charge is 0.231 e. The topological polar surface area (TPSA) is 74.0 Å². The van der Waals surface area contributed by atoms with Crippen LogP contribution in [0.25, 0.3) is 0 Å². The highest BCUT2D eigenvalue weighted by Crippen LogP contribution is 2.47. The number of nitrogens with one attached hydrogen (secondary N) is 1. The van der Waals surface area contributed by atoms with Gasteiger partial charge in [-0.1, -0.05) is 23.4 Å². The van der Waals surface area contributed by atoms with Crippen LogP contribution in [0.5, 0.6) is 23.0 Å². The number of rotatable bonds is 6. The molecular formula is C22H27N2O5+. The molecule has 1 unspecified atom stereocenters. The lowest BCUT2D eigenvalue weighted by Gasteiger charge is -2.33. The van der Waals surface area contributed by atoms with Crippen LogP contribution in [-0.4, -0.2) is 45.5 Å². The normalized spacial score (nSPS) is 20.3. The van der Waals surface area contributed by atoms with Crippen LogP contribution in [0.4, 0.5) is 0 Å². The van der Waals surface area contributed by atoms with Crippen LogP contribution < -0.4 is 23.8 Å². The number of likely N-dealkylation sites (N-methyl/N-ethyl adjacent to an activating group) is 1. The van der Waals surface area contributed by atoms with Gasteiger partial charge in [0, 0.05) is 19.3 Å². The van der Waals surface area contributed by atoms with Gasteiger partial charge in [-0.15, -0.1) is 0 Å². The van der Waals surface area contributed by atoms with E-state index >= 15 is 0 Å². The summed E-state index contributed by atoms with van der Waals surface area (Å²) in [4.78, 5) is 1.34. The van der Waals surface area contributed by atoms with Crippen molar-refractivity contribution in [2.75, 3.05) is 34.6 Å². The Morgan fingerprint density at radius 1 is 1.24 bits per heavy atom. The lowest BCUT2D eigenvalue weighted by atomic mass is 9.87. The van der Waals surface area contributed by atoms with Gasteiger partial charge in [-0.2, -0.15) is 0 Å². The number of para-hydroxylation sites is 1. The molecule has 0 aromatic heterocycles. The Morgan fingerprint density at radius 3 is 2.83 bits per heavy atom. The monoisotopic (exact) mass is 399 g/mol. The predicted molar refractivity (Wildman–Crippen MR) is 108 cm³/mol. The second-order valence-corrected chi connectivity index (χ2v) is 7.47. The van der Waals surface area contributed by atoms with Crippen molar-refractivity contribution in [1.29, 1.82) is 0 Å². The molecule has 2 N–H and O–H groups in total. The molecule has 0 aliphatic carbocycles. The highest BCUT2D eigenvalue weighted by Gasteiger charge is 2.37. The Kier molecular flexibility index (Phi) is 5.49. The summed E-state index contributed by atoms with van der Waals surface area (Å²) in [7, 11) is 5.47. The van der Waals surface area contributed by atoms with Gasteiger partial charge in [0.1, 0.15) is 11.8 Å². The Labute approximate surface area is 170 Å². The van der Waals surface area contributed by atoms with E-state index in [9.17, 15) is 5.21 Å². The first kappa shape index (κ1) is 19.4. The molecule has 0 radical (unpaired) electrons. The van der Waals surface area contributed by atoms with Crippen LogP contribution in [-0.2, 0) is 12.8 Å². The second-order valence-electron chi connectivity index (χ2n) is 7.47. The predicted octanol–water partition coefficient (Wildman–Crippen LogP) is 2.01. The fraction of sp³-hybridized carbons (Fsp3) is 0.409. The van der Waals surface area contributed by atoms with Gasteiger partial charge in [0.05, 0.1) is 39.1 Å². The third kappa shape index (κ3) is 3.58. The van der Waals surface area contributed by atoms with Crippen LogP contribution in [0.2, 0.25) is 0 Å². The first-order valence-corrected chi connectivity index (χ1v) is 9.79. The van der Waals surface area contributed by atoms with Gasteiger partial charge in [-0.25, -0.2) is 0 Å². The number of hydrogen-bond donors (Lipinski definition) is 2. The van der Waals surface area contributed by atoms with Gasteiger partial charge >= 0.3 is 0 Å². The molecule has 2 atom stereocenters. The number of methoxy groups -OCH3 is 2. The van der Waals surface area contributed by atoms with E-state index in [0.717, 1.165) is 41.3 Å². The van der Waals surface area contributed by atoms with Gasteiger partial charge in [-0.3, -0.25) is 0 Å². The summed E-state index contributed by atoms with van der Waals surface area (Å²) in [5.74, 6) is 2.93. The largest absolute Gasteiger partial charge is 0.496 e. The van der Waals surface area contributed by atoms with Crippen LogP contribution in [0.15, 0.2) is 35.5 Å². The van der Waals surface area contributed by atoms with E-state index in [1.54, 1.807) is 14.2 Å². The van der Waals surface area contributed by atoms with Crippen molar-refractivity contribution in [2.24, 2.45) is 5.16 Å². The maximum Gasteiger partial charge on any atom is 0.231 e. The molecule has 2 aromatic rings. The van der Waals surface area contributed by atoms with Gasteiger partial charge in [0.25, 0.3) is 0 Å². The van der Waals surface area contributed by atoms with Crippen molar-refractivity contribution in [1.82, 2.24) is 0 Å². The zero-order valence-electron chi connectivity index (χ0n) is 17.0. The Balaban J connectivity index is 1.67. The molecule has 2 aliphatic rings. The molecule has 0 saturated carbocycles. The molecular weight excluding hydrogens is 372 g/mol. The third-order valence-corrected chi connectivity index (χ3v) is 5.85. The lowest BCUT2D eigenvalue weighted by molar-refractivity contribution is -0.913. The summed E-state index contributed by atoms with van der Waals surface area (Å²) in [6.45, 7) is 1.19. The molecule has 2 aliphatic heterocycles. The van der Waals surface area contributed by atoms with Crippen LogP contribution in [0, 0.1) is 0 Å². The van der Waals surface area contributed by atoms with E-state index in [1.807, 2.05) is 24.3 Å². The molecule has 0 fully saturated rings. The number of benzene rings is 2. The number of ether oxygens (including phenoxy) is 4. The summed E-state index contributed by atoms with van der Waals surface area (Å²) in [6, 6.07) is 9.96. The molecule has 2 heterocycles. The molecule has 0 amide bonds. The summed E-state index contributed by atoms with van der Waals surface area (Å²) >= 11 is 0. The van der Waals surface area contributed by atoms with Gasteiger partial charge in [0.15, 0.2) is 11.5 Å². The van der Waals surface area contributed by atoms with Crippen molar-refractivity contribution >= 4 is 5.71 Å². The maximum atomic E-state index is 9.76. The summed E-state index contributed by atoms with van der Waals surface area (Å²) in [5, 5.41) is 13.4. The van der Waals surface area contributed by atoms with Crippen LogP contribution >= 0.6 is 0 Å². The zero-order chi connectivity index (χ0) is 20.4. The van der Waals surface area contributed by atoms with Crippen molar-refractivity contribution in [3.05, 3.63) is 47.0 Å². The van der Waals surface area contributed by atoms with Gasteiger partial charge < -0.3 is 29.1 Å². The number of oxime groups is 1. The fourth-order valence-corrected chi connectivity index (χ4v) is 4.35. The zero-order valence-corrected chi connectivity index (χ0v) is 17.0. The quantitative estimate of drug-likeness (QED) is 0.442. The summed E-state index contributed by atoms with van der Waals surface area (Å²) in [5.41, 5.74) is 4.01. The van der Waals surface area contributed by atoms with Crippen molar-refractivity contribution in [2.45, 2.75) is 25.3 Å². The second kappa shape index (κ2) is 8.21. The number of quaternary nitrogens is 1. The lowest BCUT2D eigenvalue weighted by Crippen LogP contribution is -3.10. The Bertz CT molecular complexity index is 928. The van der Waals surface area contributed by atoms with E-state index in [0.29, 0.717) is 24.3 Å². The highest BCUT2D eigenvalue weighted by molar-refractivity contribution is 5.87. The number of hydrogen-bond acceptors (Lipinski definition) is 6. The summed E-state index contributed by atoms with van der Waals surface area (Å²) in [6.07, 6.45) is 2.05. The first-order chi connectivity index (χ1) is 14.2. The van der Waals surface area contributed by atoms with Crippen molar-refractivity contribution < 1.29 is 29.1 Å². The Hall–Kier alpha value is -2.93. The van der Waals surface area contributed by atoms with Gasteiger partial charge in [0.2, 0.25) is 12.5 Å². The average molecular weight is 399 g/mol. The minimum Gasteiger partial charge on any atom is -0.496 e. The molecule has 2 aromatic carbocycles. The van der Waals surface area contributed by atoms with Crippen molar-refractivity contribution in [3.8, 4) is 23.0 Å². The standard InChI is InChI=1S/C22H26N2O5/c1-24-9-8-15-11-19-21(29-13-28-19)22(27-3)20(15)17(24)12-16(23-25)10-14-6-4-5-7-18(14)26-2/h4-7,11,17,25H,8-10,12-13H2,1-3H3/p+1/b23-16-/t17-/m1/s1. The molecule has 154 valence electrons. The molecule has 7 nitrogen and oxygen atoms in total. The molecule has 0 bridgehead atoms. The SMILES string of the molecule is COc1ccccc1C/C(C[C@@H]1c2c(cc3c(c2OC)OCO3)CC[NH+]1C)=N/O. The highest BCUT2D eigenvalue weighted by atomic mass is 16.7. The third-order valence-electron chi connectivity index (χ3n) is 5.85. The molecule has 0 spiro atoms. The molecule has 29 heavy (non-hydrogen) atoms. The van der Waals surface area contributed by atoms with Crippen molar-refractivity contribution in [3.63, 3.8) is 0 Å². The first-order valence-electron chi connectivity index (χ1n) is 9.79. The fourth-order valence-electron chi connectivity index (χ4n) is 4.35. The van der Waals surface area contributed by atoms with Crippen LogP contribution in [0.3, 0.4) is 0 Å². The molecule has 7 heteroatoms. The minimum absolute atomic E-state index is 0.0869. The average Bonchev–Trinajstić information content (AvgIpc) is 3.22. The Morgan fingerprint density at radius 2 is 2.07 bits per heavy atom. The van der Waals surface area contributed by atoms with E-state index in [2.05, 4.69) is 18.3 Å². The summed E-state index contributed by atoms with van der Waals surface area (Å²) < 4.78 is 22.5. The minimum atomic E-state index is 0.0869. The van der Waals surface area contributed by atoms with E-state index < -0.39 is 0 Å². The number of nitrogens with zero attached hydrogens (tertiary/aromatic N) is 1. The molecule has 0 saturated heterocycles. The van der Waals surface area contributed by atoms with E-state index in [4.69, 9.17) is 18.9 Å². The van der Waals surface area contributed by atoms with Crippen LogP contribution in [0.1, 0.15) is 29.2 Å².